The summed E-state index contributed by atoms with van der Waals surface area (Å²) in [6.07, 6.45) is 1.09. The van der Waals surface area contributed by atoms with Crippen LogP contribution in [0.15, 0.2) is 24.3 Å². The molecule has 0 saturated carbocycles. The van der Waals surface area contributed by atoms with E-state index < -0.39 is 0 Å². The lowest BCUT2D eigenvalue weighted by Gasteiger charge is -2.27. The van der Waals surface area contributed by atoms with Crippen molar-refractivity contribution < 1.29 is 4.79 Å². The van der Waals surface area contributed by atoms with Crippen LogP contribution in [0.25, 0.3) is 10.9 Å². The number of aromatic amines is 1. The SMILES string of the molecule is CN1C(=O)c2[nH]c3ccccc3c2CN2CC[C@H]1C2. The van der Waals surface area contributed by atoms with Crippen molar-refractivity contribution in [1.82, 2.24) is 14.8 Å². The summed E-state index contributed by atoms with van der Waals surface area (Å²) in [5.41, 5.74) is 3.00. The van der Waals surface area contributed by atoms with Crippen molar-refractivity contribution in [3.63, 3.8) is 0 Å². The number of hydrogen-bond acceptors (Lipinski definition) is 2. The normalized spacial score (nSPS) is 26.4. The molecule has 2 aliphatic rings. The molecule has 98 valence electrons. The number of para-hydroxylation sites is 1. The Hall–Kier alpha value is -1.81. The van der Waals surface area contributed by atoms with E-state index >= 15 is 0 Å². The highest BCUT2D eigenvalue weighted by Crippen LogP contribution is 2.29. The maximum absolute atomic E-state index is 12.6. The smallest absolute Gasteiger partial charge is 0.270 e. The predicted octanol–water partition coefficient (Wildman–Crippen LogP) is 1.83. The number of amides is 1. The molecule has 4 heteroatoms. The molecule has 1 fully saturated rings. The zero-order valence-electron chi connectivity index (χ0n) is 11.0. The van der Waals surface area contributed by atoms with Crippen LogP contribution in [0.4, 0.5) is 0 Å². The van der Waals surface area contributed by atoms with E-state index in [0.29, 0.717) is 6.04 Å². The second-order valence-electron chi connectivity index (χ2n) is 5.62. The molecular formula is C15H17N3O. The number of nitrogens with zero attached hydrogens (tertiary/aromatic N) is 2. The topological polar surface area (TPSA) is 39.3 Å². The number of rotatable bonds is 0. The summed E-state index contributed by atoms with van der Waals surface area (Å²) in [5, 5.41) is 1.18. The fourth-order valence-corrected chi connectivity index (χ4v) is 3.38. The number of benzene rings is 1. The molecule has 1 aromatic heterocycles. The second kappa shape index (κ2) is 3.84. The lowest BCUT2D eigenvalue weighted by Crippen LogP contribution is -2.41. The molecule has 4 nitrogen and oxygen atoms in total. The van der Waals surface area contributed by atoms with Crippen molar-refractivity contribution in [3.05, 3.63) is 35.5 Å². The molecule has 2 aliphatic heterocycles. The third-order valence-corrected chi connectivity index (χ3v) is 4.52. The van der Waals surface area contributed by atoms with Gasteiger partial charge in [-0.2, -0.15) is 0 Å². The Bertz CT molecular complexity index is 660. The van der Waals surface area contributed by atoms with E-state index in [1.165, 1.54) is 5.39 Å². The van der Waals surface area contributed by atoms with Crippen molar-refractivity contribution >= 4 is 16.8 Å². The Morgan fingerprint density at radius 1 is 1.32 bits per heavy atom. The molecule has 0 radical (unpaired) electrons. The monoisotopic (exact) mass is 255 g/mol. The Labute approximate surface area is 112 Å². The van der Waals surface area contributed by atoms with Crippen molar-refractivity contribution in [2.75, 3.05) is 20.1 Å². The predicted molar refractivity (Wildman–Crippen MR) is 74.1 cm³/mol. The fraction of sp³-hybridized carbons (Fsp3) is 0.400. The van der Waals surface area contributed by atoms with E-state index in [1.54, 1.807) is 0 Å². The molecule has 2 bridgehead atoms. The van der Waals surface area contributed by atoms with Crippen molar-refractivity contribution in [3.8, 4) is 0 Å². The highest BCUT2D eigenvalue weighted by molar-refractivity contribution is 6.01. The van der Waals surface area contributed by atoms with E-state index in [-0.39, 0.29) is 5.91 Å². The Kier molecular flexibility index (Phi) is 2.23. The van der Waals surface area contributed by atoms with Crippen LogP contribution in [0.5, 0.6) is 0 Å². The van der Waals surface area contributed by atoms with E-state index in [4.69, 9.17) is 0 Å². The lowest BCUT2D eigenvalue weighted by molar-refractivity contribution is 0.0719. The highest BCUT2D eigenvalue weighted by atomic mass is 16.2. The van der Waals surface area contributed by atoms with Gasteiger partial charge in [0, 0.05) is 49.2 Å². The van der Waals surface area contributed by atoms with E-state index in [2.05, 4.69) is 16.0 Å². The van der Waals surface area contributed by atoms with E-state index in [1.807, 2.05) is 30.1 Å². The van der Waals surface area contributed by atoms with Crippen LogP contribution >= 0.6 is 0 Å². The molecular weight excluding hydrogens is 238 g/mol. The van der Waals surface area contributed by atoms with Gasteiger partial charge in [-0.05, 0) is 12.5 Å². The summed E-state index contributed by atoms with van der Waals surface area (Å²) < 4.78 is 0. The molecule has 2 atom stereocenters. The summed E-state index contributed by atoms with van der Waals surface area (Å²) in [4.78, 5) is 20.3. The summed E-state index contributed by atoms with van der Waals surface area (Å²) in [6, 6.07) is 8.56. The van der Waals surface area contributed by atoms with Crippen LogP contribution < -0.4 is 0 Å². The van der Waals surface area contributed by atoms with Gasteiger partial charge < -0.3 is 9.88 Å². The zero-order valence-corrected chi connectivity index (χ0v) is 11.0. The third-order valence-electron chi connectivity index (χ3n) is 4.52. The lowest BCUT2D eigenvalue weighted by atomic mass is 10.1. The summed E-state index contributed by atoms with van der Waals surface area (Å²) >= 11 is 0. The van der Waals surface area contributed by atoms with Gasteiger partial charge in [0.15, 0.2) is 0 Å². The Balaban J connectivity index is 1.94. The van der Waals surface area contributed by atoms with Gasteiger partial charge in [0.05, 0.1) is 0 Å². The summed E-state index contributed by atoms with van der Waals surface area (Å²) in [7, 11) is 1.93. The number of fused-ring (bicyclic) bond motifs is 5. The van der Waals surface area contributed by atoms with E-state index in [9.17, 15) is 4.79 Å². The Morgan fingerprint density at radius 3 is 3.05 bits per heavy atom. The Morgan fingerprint density at radius 2 is 2.16 bits per heavy atom. The maximum Gasteiger partial charge on any atom is 0.270 e. The molecule has 1 N–H and O–H groups in total. The van der Waals surface area contributed by atoms with Gasteiger partial charge in [0.25, 0.3) is 5.91 Å². The number of nitrogens with one attached hydrogen (secondary N) is 1. The average molecular weight is 255 g/mol. The molecule has 1 saturated heterocycles. The minimum Gasteiger partial charge on any atom is -0.350 e. The average Bonchev–Trinajstić information content (AvgIpc) is 3.03. The molecule has 1 amide bonds. The molecule has 19 heavy (non-hydrogen) atoms. The van der Waals surface area contributed by atoms with Crippen molar-refractivity contribution in [1.29, 1.82) is 0 Å². The molecule has 1 unspecified atom stereocenters. The molecule has 0 aliphatic carbocycles. The van der Waals surface area contributed by atoms with Gasteiger partial charge in [-0.3, -0.25) is 9.69 Å². The van der Waals surface area contributed by atoms with Crippen molar-refractivity contribution in [2.45, 2.75) is 19.0 Å². The summed E-state index contributed by atoms with van der Waals surface area (Å²) in [5.74, 6) is 0.137. The molecule has 0 spiro atoms. The first-order chi connectivity index (χ1) is 9.24. The van der Waals surface area contributed by atoms with Crippen molar-refractivity contribution in [2.24, 2.45) is 0 Å². The number of aromatic nitrogens is 1. The number of carbonyl (C=O) groups is 1. The van der Waals surface area contributed by atoms with E-state index in [0.717, 1.165) is 42.8 Å². The molecule has 3 heterocycles. The first-order valence-electron chi connectivity index (χ1n) is 6.83. The maximum atomic E-state index is 12.6. The quantitative estimate of drug-likeness (QED) is 0.780. The van der Waals surface area contributed by atoms with Gasteiger partial charge in [-0.15, -0.1) is 0 Å². The number of likely N-dealkylation sites (N-methyl/N-ethyl adjacent to an activating group) is 1. The van der Waals surface area contributed by atoms with Gasteiger partial charge >= 0.3 is 0 Å². The van der Waals surface area contributed by atoms with Gasteiger partial charge in [0.1, 0.15) is 5.69 Å². The fourth-order valence-electron chi connectivity index (χ4n) is 3.38. The van der Waals surface area contributed by atoms with Crippen LogP contribution in [-0.4, -0.2) is 46.9 Å². The second-order valence-corrected chi connectivity index (χ2v) is 5.62. The standard InChI is InChI=1S/C15H17N3O/c1-17-10-6-7-18(8-10)9-12-11-4-2-3-5-13(11)16-14(12)15(17)19/h2-5,10,16H,6-9H2,1H3/t10-/m0/s1. The third kappa shape index (κ3) is 1.53. The molecule has 4 rings (SSSR count). The minimum absolute atomic E-state index is 0.137. The molecule has 2 aromatic rings. The first-order valence-corrected chi connectivity index (χ1v) is 6.83. The summed E-state index contributed by atoms with van der Waals surface area (Å²) in [6.45, 7) is 2.97. The van der Waals surface area contributed by atoms with Crippen LogP contribution in [0.1, 0.15) is 22.5 Å². The largest absolute Gasteiger partial charge is 0.350 e. The number of hydrogen-bond donors (Lipinski definition) is 1. The van der Waals surface area contributed by atoms with Crippen LogP contribution in [0.3, 0.4) is 0 Å². The minimum atomic E-state index is 0.137. The molecule has 1 aromatic carbocycles. The number of H-pyrrole nitrogens is 1. The van der Waals surface area contributed by atoms with Gasteiger partial charge in [-0.25, -0.2) is 0 Å². The van der Waals surface area contributed by atoms with Crippen LogP contribution in [-0.2, 0) is 6.54 Å². The van der Waals surface area contributed by atoms with Gasteiger partial charge in [0.2, 0.25) is 0 Å². The van der Waals surface area contributed by atoms with Gasteiger partial charge in [-0.1, -0.05) is 18.2 Å². The zero-order chi connectivity index (χ0) is 13.0. The van der Waals surface area contributed by atoms with Crippen LogP contribution in [0.2, 0.25) is 0 Å². The number of carbonyl (C=O) groups excluding carboxylic acids is 1. The highest BCUT2D eigenvalue weighted by Gasteiger charge is 2.34. The first kappa shape index (κ1) is 11.1. The van der Waals surface area contributed by atoms with Crippen LogP contribution in [0, 0.1) is 0 Å².